The summed E-state index contributed by atoms with van der Waals surface area (Å²) in [5, 5.41) is 3.18. The van der Waals surface area contributed by atoms with E-state index in [0.717, 1.165) is 5.56 Å². The number of carbonyl (C=O) groups is 1. The molecule has 0 fully saturated rings. The van der Waals surface area contributed by atoms with Gasteiger partial charge in [0.2, 0.25) is 5.75 Å². The second kappa shape index (κ2) is 10.0. The predicted octanol–water partition coefficient (Wildman–Crippen LogP) is 4.73. The average Bonchev–Trinajstić information content (AvgIpc) is 2.80. The topological polar surface area (TPSA) is 103 Å². The first-order valence-corrected chi connectivity index (χ1v) is 11.5. The Morgan fingerprint density at radius 2 is 1.42 bits per heavy atom. The third-order valence-electron chi connectivity index (χ3n) is 4.77. The molecule has 0 saturated heterocycles. The van der Waals surface area contributed by atoms with Crippen LogP contribution in [0.3, 0.4) is 0 Å². The van der Waals surface area contributed by atoms with Gasteiger partial charge in [-0.1, -0.05) is 17.7 Å². The molecule has 8 nitrogen and oxygen atoms in total. The molecule has 0 unspecified atom stereocenters. The zero-order chi connectivity index (χ0) is 24.2. The van der Waals surface area contributed by atoms with Crippen LogP contribution in [0.15, 0.2) is 59.5 Å². The van der Waals surface area contributed by atoms with Crippen molar-refractivity contribution in [2.45, 2.75) is 11.8 Å². The Hall–Kier alpha value is -3.43. The van der Waals surface area contributed by atoms with Crippen LogP contribution in [0.2, 0.25) is 5.02 Å². The molecule has 1 amide bonds. The maximum atomic E-state index is 12.7. The van der Waals surface area contributed by atoms with Crippen molar-refractivity contribution in [1.82, 2.24) is 0 Å². The molecule has 0 radical (unpaired) electrons. The van der Waals surface area contributed by atoms with Gasteiger partial charge in [-0.05, 0) is 61.0 Å². The summed E-state index contributed by atoms with van der Waals surface area (Å²) in [4.78, 5) is 12.8. The summed E-state index contributed by atoms with van der Waals surface area (Å²) < 4.78 is 43.6. The van der Waals surface area contributed by atoms with Crippen molar-refractivity contribution in [3.63, 3.8) is 0 Å². The first-order valence-electron chi connectivity index (χ1n) is 9.69. The first kappa shape index (κ1) is 24.2. The standard InChI is InChI=1S/C23H23ClN2O6S/c1-14-5-6-17(13-19(14)24)26-33(28,29)18-9-7-16(8-10-18)25-23(27)15-11-20(30-2)22(32-4)21(12-15)31-3/h5-13,26H,1-4H3,(H,25,27). The number of nitrogens with one attached hydrogen (secondary N) is 2. The molecule has 174 valence electrons. The van der Waals surface area contributed by atoms with Crippen LogP contribution in [0.5, 0.6) is 17.2 Å². The van der Waals surface area contributed by atoms with Crippen molar-refractivity contribution >= 4 is 38.9 Å². The van der Waals surface area contributed by atoms with E-state index < -0.39 is 15.9 Å². The third kappa shape index (κ3) is 5.50. The van der Waals surface area contributed by atoms with Gasteiger partial charge in [0.1, 0.15) is 0 Å². The van der Waals surface area contributed by atoms with E-state index in [1.165, 1.54) is 57.7 Å². The summed E-state index contributed by atoms with van der Waals surface area (Å²) in [5.74, 6) is 0.613. The van der Waals surface area contributed by atoms with Crippen molar-refractivity contribution in [3.8, 4) is 17.2 Å². The molecule has 0 aliphatic rings. The van der Waals surface area contributed by atoms with Crippen molar-refractivity contribution in [2.24, 2.45) is 0 Å². The highest BCUT2D eigenvalue weighted by Gasteiger charge is 2.18. The monoisotopic (exact) mass is 490 g/mol. The summed E-state index contributed by atoms with van der Waals surface area (Å²) in [5.41, 5.74) is 1.88. The molecule has 0 atom stereocenters. The van der Waals surface area contributed by atoms with E-state index in [9.17, 15) is 13.2 Å². The minimum atomic E-state index is -3.83. The number of hydrogen-bond acceptors (Lipinski definition) is 6. The van der Waals surface area contributed by atoms with Crippen LogP contribution in [0, 0.1) is 6.92 Å². The van der Waals surface area contributed by atoms with Gasteiger partial charge in [0.25, 0.3) is 15.9 Å². The molecule has 3 aromatic rings. The van der Waals surface area contributed by atoms with Crippen LogP contribution < -0.4 is 24.2 Å². The average molecular weight is 491 g/mol. The molecule has 0 heterocycles. The highest BCUT2D eigenvalue weighted by molar-refractivity contribution is 7.92. The smallest absolute Gasteiger partial charge is 0.261 e. The van der Waals surface area contributed by atoms with Crippen LogP contribution in [-0.4, -0.2) is 35.7 Å². The molecular weight excluding hydrogens is 468 g/mol. The summed E-state index contributed by atoms with van der Waals surface area (Å²) in [7, 11) is 0.546. The number of aryl methyl sites for hydroxylation is 1. The molecule has 3 aromatic carbocycles. The third-order valence-corrected chi connectivity index (χ3v) is 6.58. The molecule has 3 rings (SSSR count). The molecular formula is C23H23ClN2O6S. The van der Waals surface area contributed by atoms with Gasteiger partial charge in [-0.25, -0.2) is 8.42 Å². The lowest BCUT2D eigenvalue weighted by atomic mass is 10.1. The minimum Gasteiger partial charge on any atom is -0.493 e. The number of anilines is 2. The van der Waals surface area contributed by atoms with Gasteiger partial charge in [-0.15, -0.1) is 0 Å². The van der Waals surface area contributed by atoms with Gasteiger partial charge in [0, 0.05) is 16.3 Å². The van der Waals surface area contributed by atoms with Gasteiger partial charge in [-0.3, -0.25) is 9.52 Å². The van der Waals surface area contributed by atoms with E-state index >= 15 is 0 Å². The number of sulfonamides is 1. The molecule has 33 heavy (non-hydrogen) atoms. The molecule has 0 spiro atoms. The Morgan fingerprint density at radius 1 is 0.848 bits per heavy atom. The minimum absolute atomic E-state index is 0.0324. The van der Waals surface area contributed by atoms with Crippen molar-refractivity contribution in [3.05, 3.63) is 70.7 Å². The lowest BCUT2D eigenvalue weighted by molar-refractivity contribution is 0.102. The number of carbonyl (C=O) groups excluding carboxylic acids is 1. The fourth-order valence-electron chi connectivity index (χ4n) is 3.00. The summed E-state index contributed by atoms with van der Waals surface area (Å²) in [6.07, 6.45) is 0. The highest BCUT2D eigenvalue weighted by Crippen LogP contribution is 2.38. The molecule has 0 bridgehead atoms. The van der Waals surface area contributed by atoms with E-state index in [0.29, 0.717) is 33.6 Å². The first-order chi connectivity index (χ1) is 15.7. The van der Waals surface area contributed by atoms with Crippen LogP contribution in [-0.2, 0) is 10.0 Å². The fourth-order valence-corrected chi connectivity index (χ4v) is 4.23. The van der Waals surface area contributed by atoms with Gasteiger partial charge in [0.15, 0.2) is 11.5 Å². The Morgan fingerprint density at radius 3 is 1.94 bits per heavy atom. The van der Waals surface area contributed by atoms with E-state index in [-0.39, 0.29) is 10.5 Å². The second-order valence-electron chi connectivity index (χ2n) is 6.96. The van der Waals surface area contributed by atoms with Crippen LogP contribution >= 0.6 is 11.6 Å². The Bertz CT molecular complexity index is 1250. The van der Waals surface area contributed by atoms with Crippen LogP contribution in [0.25, 0.3) is 0 Å². The number of ether oxygens (including phenoxy) is 3. The summed E-state index contributed by atoms with van der Waals surface area (Å²) >= 11 is 6.07. The Balaban J connectivity index is 1.77. The van der Waals surface area contributed by atoms with Gasteiger partial charge >= 0.3 is 0 Å². The van der Waals surface area contributed by atoms with Crippen molar-refractivity contribution in [2.75, 3.05) is 31.4 Å². The number of benzene rings is 3. The van der Waals surface area contributed by atoms with Gasteiger partial charge in [0.05, 0.1) is 31.9 Å². The largest absolute Gasteiger partial charge is 0.493 e. The zero-order valence-electron chi connectivity index (χ0n) is 18.4. The summed E-state index contributed by atoms with van der Waals surface area (Å²) in [6, 6.07) is 13.7. The maximum Gasteiger partial charge on any atom is 0.261 e. The van der Waals surface area contributed by atoms with Gasteiger partial charge in [-0.2, -0.15) is 0 Å². The lowest BCUT2D eigenvalue weighted by Gasteiger charge is -2.14. The Labute approximate surface area is 197 Å². The van der Waals surface area contributed by atoms with Crippen molar-refractivity contribution < 1.29 is 27.4 Å². The van der Waals surface area contributed by atoms with Crippen molar-refractivity contribution in [1.29, 1.82) is 0 Å². The lowest BCUT2D eigenvalue weighted by Crippen LogP contribution is -2.14. The number of rotatable bonds is 8. The molecule has 0 aromatic heterocycles. The molecule has 0 saturated carbocycles. The maximum absolute atomic E-state index is 12.7. The number of methoxy groups -OCH3 is 3. The normalized spacial score (nSPS) is 10.9. The Kier molecular flexibility index (Phi) is 7.35. The number of amides is 1. The molecule has 0 aliphatic heterocycles. The fraction of sp³-hybridized carbons (Fsp3) is 0.174. The highest BCUT2D eigenvalue weighted by atomic mass is 35.5. The van der Waals surface area contributed by atoms with Crippen LogP contribution in [0.4, 0.5) is 11.4 Å². The van der Waals surface area contributed by atoms with E-state index in [1.807, 2.05) is 6.92 Å². The molecule has 2 N–H and O–H groups in total. The predicted molar refractivity (Wildman–Crippen MR) is 127 cm³/mol. The SMILES string of the molecule is COc1cc(C(=O)Nc2ccc(S(=O)(=O)Nc3ccc(C)c(Cl)c3)cc2)cc(OC)c1OC. The zero-order valence-corrected chi connectivity index (χ0v) is 20.0. The second-order valence-corrected chi connectivity index (χ2v) is 9.05. The van der Waals surface area contributed by atoms with E-state index in [4.69, 9.17) is 25.8 Å². The number of halogens is 1. The molecule has 0 aliphatic carbocycles. The molecule has 10 heteroatoms. The van der Waals surface area contributed by atoms with Crippen LogP contribution in [0.1, 0.15) is 15.9 Å². The quantitative estimate of drug-likeness (QED) is 0.473. The van der Waals surface area contributed by atoms with Gasteiger partial charge < -0.3 is 19.5 Å². The van der Waals surface area contributed by atoms with E-state index in [1.54, 1.807) is 18.2 Å². The summed E-state index contributed by atoms with van der Waals surface area (Å²) in [6.45, 7) is 1.83. The number of hydrogen-bond donors (Lipinski definition) is 2. The van der Waals surface area contributed by atoms with E-state index in [2.05, 4.69) is 10.0 Å².